The fourth-order valence-electron chi connectivity index (χ4n) is 6.81. The summed E-state index contributed by atoms with van der Waals surface area (Å²) < 4.78 is 69.0. The van der Waals surface area contributed by atoms with Crippen molar-refractivity contribution in [3.63, 3.8) is 0 Å². The molecule has 5 atom stereocenters. The van der Waals surface area contributed by atoms with Crippen LogP contribution in [-0.2, 0) is 35.1 Å². The number of carbonyl (C=O) groups excluding carboxylic acids is 4. The molecule has 0 radical (unpaired) electrons. The van der Waals surface area contributed by atoms with Crippen LogP contribution in [0.1, 0.15) is 91.2 Å². The molecule has 2 aromatic rings. The van der Waals surface area contributed by atoms with Crippen LogP contribution in [0.3, 0.4) is 0 Å². The topological polar surface area (TPSA) is 186 Å². The van der Waals surface area contributed by atoms with Crippen molar-refractivity contribution < 1.29 is 45.9 Å². The highest BCUT2D eigenvalue weighted by Gasteiger charge is 2.62. The average Bonchev–Trinajstić information content (AvgIpc) is 3.98. The first kappa shape index (κ1) is 38.3. The van der Waals surface area contributed by atoms with Crippen molar-refractivity contribution in [3.8, 4) is 5.88 Å². The van der Waals surface area contributed by atoms with Crippen molar-refractivity contribution in [1.82, 2.24) is 30.2 Å². The molecule has 0 spiro atoms. The molecular formula is C36H46F2N6O8S. The summed E-state index contributed by atoms with van der Waals surface area (Å²) in [6.07, 6.45) is 5.44. The van der Waals surface area contributed by atoms with Crippen LogP contribution in [0.2, 0.25) is 0 Å². The van der Waals surface area contributed by atoms with E-state index in [1.807, 2.05) is 6.08 Å². The number of alkyl carbamates (subject to hydrolysis) is 1. The summed E-state index contributed by atoms with van der Waals surface area (Å²) in [5.41, 5.74) is -2.67. The number of ether oxygens (including phenoxy) is 2. The van der Waals surface area contributed by atoms with E-state index in [2.05, 4.69) is 25.3 Å². The van der Waals surface area contributed by atoms with Gasteiger partial charge in [-0.15, -0.1) is 0 Å². The molecule has 6 rings (SSSR count). The number of aromatic nitrogens is 2. The van der Waals surface area contributed by atoms with E-state index in [0.29, 0.717) is 44.5 Å². The molecule has 0 unspecified atom stereocenters. The van der Waals surface area contributed by atoms with Gasteiger partial charge in [-0.3, -0.25) is 19.1 Å². The Hall–Kier alpha value is -4.41. The highest BCUT2D eigenvalue weighted by atomic mass is 32.2. The normalized spacial score (nSPS) is 27.7. The zero-order valence-corrected chi connectivity index (χ0v) is 31.0. The fourth-order valence-corrected chi connectivity index (χ4v) is 8.17. The second kappa shape index (κ2) is 14.4. The number of nitrogens with zero attached hydrogens (tertiary/aromatic N) is 3. The number of alkyl halides is 2. The molecule has 4 aliphatic rings. The molecule has 1 aromatic heterocycles. The van der Waals surface area contributed by atoms with Gasteiger partial charge in [-0.2, -0.15) is 8.78 Å². The van der Waals surface area contributed by atoms with Crippen molar-refractivity contribution in [1.29, 1.82) is 0 Å². The van der Waals surface area contributed by atoms with Crippen molar-refractivity contribution in [2.45, 2.75) is 126 Å². The van der Waals surface area contributed by atoms with Crippen LogP contribution in [0.5, 0.6) is 5.88 Å². The SMILES string of the molecule is CC(C)(C)OC(=O)N[C@H]1CCCCC/C=C\[C@@H]2C[C@@]2(C(=O)NS(=O)(=O)C2CC2)NC(=O)[C@@H]2C[C@@H](Oc3nc4ccccc4nc3C(C)(F)F)CN2C1=O. The van der Waals surface area contributed by atoms with Crippen LogP contribution >= 0.6 is 0 Å². The Morgan fingerprint density at radius 1 is 1.02 bits per heavy atom. The second-order valence-corrected chi connectivity index (χ2v) is 17.4. The van der Waals surface area contributed by atoms with E-state index in [1.165, 1.54) is 11.0 Å². The molecule has 4 amide bonds. The number of carbonyl (C=O) groups is 4. The number of benzene rings is 1. The lowest BCUT2D eigenvalue weighted by atomic mass is 10.0. The summed E-state index contributed by atoms with van der Waals surface area (Å²) >= 11 is 0. The number of allylic oxidation sites excluding steroid dienone is 1. The standard InChI is InChI=1S/C36H46F2N6O8S/c1-34(2,3)52-33(48)41-26-15-9-7-5-6-8-12-21-19-36(21,32(47)43-53(49,50)23-16-17-23)42-29(45)27-18-22(20-44(27)31(26)46)51-30-28(35(4,37)38)39-24-13-10-11-14-25(24)40-30/h8,10-14,21-23,26-27H,5-7,9,15-20H2,1-4H3,(H,41,48)(H,42,45)(H,43,47)/b12-8-/t21-,22-,26+,27+,36-/m1/s1. The number of nitrogens with one attached hydrogen (secondary N) is 3. The Morgan fingerprint density at radius 2 is 1.72 bits per heavy atom. The molecule has 2 saturated carbocycles. The van der Waals surface area contributed by atoms with Crippen LogP contribution in [0.4, 0.5) is 13.6 Å². The maximum Gasteiger partial charge on any atom is 0.408 e. The molecule has 1 aromatic carbocycles. The Morgan fingerprint density at radius 3 is 2.38 bits per heavy atom. The number of para-hydroxylation sites is 2. The summed E-state index contributed by atoms with van der Waals surface area (Å²) in [4.78, 5) is 64.9. The lowest BCUT2D eigenvalue weighted by molar-refractivity contribution is -0.141. The summed E-state index contributed by atoms with van der Waals surface area (Å²) in [6, 6.07) is 4.01. The van der Waals surface area contributed by atoms with E-state index in [0.717, 1.165) is 6.42 Å². The van der Waals surface area contributed by atoms with Crippen LogP contribution in [0.15, 0.2) is 36.4 Å². The van der Waals surface area contributed by atoms with Gasteiger partial charge in [0.15, 0.2) is 5.69 Å². The molecule has 14 nitrogen and oxygen atoms in total. The summed E-state index contributed by atoms with van der Waals surface area (Å²) in [5.74, 6) is -6.70. The van der Waals surface area contributed by atoms with E-state index >= 15 is 0 Å². The summed E-state index contributed by atoms with van der Waals surface area (Å²) in [7, 11) is -3.95. The van der Waals surface area contributed by atoms with Gasteiger partial charge >= 0.3 is 6.09 Å². The lowest BCUT2D eigenvalue weighted by Gasteiger charge is -2.30. The van der Waals surface area contributed by atoms with Gasteiger partial charge in [-0.05, 0) is 71.4 Å². The molecule has 53 heavy (non-hydrogen) atoms. The Balaban J connectivity index is 1.33. The Kier molecular flexibility index (Phi) is 10.4. The Labute approximate surface area is 306 Å². The van der Waals surface area contributed by atoms with Gasteiger partial charge in [-0.1, -0.05) is 37.1 Å². The highest BCUT2D eigenvalue weighted by Crippen LogP contribution is 2.46. The van der Waals surface area contributed by atoms with Gasteiger partial charge in [0, 0.05) is 19.3 Å². The van der Waals surface area contributed by atoms with E-state index in [9.17, 15) is 36.4 Å². The van der Waals surface area contributed by atoms with Crippen LogP contribution in [0.25, 0.3) is 11.0 Å². The van der Waals surface area contributed by atoms with Gasteiger partial charge in [0.05, 0.1) is 22.8 Å². The zero-order valence-electron chi connectivity index (χ0n) is 30.2. The lowest BCUT2D eigenvalue weighted by Crippen LogP contribution is -2.58. The predicted octanol–water partition coefficient (Wildman–Crippen LogP) is 3.99. The van der Waals surface area contributed by atoms with Gasteiger partial charge in [0.2, 0.25) is 27.7 Å². The highest BCUT2D eigenvalue weighted by molar-refractivity contribution is 7.91. The molecule has 1 saturated heterocycles. The van der Waals surface area contributed by atoms with Crippen molar-refractivity contribution in [2.24, 2.45) is 5.92 Å². The van der Waals surface area contributed by atoms with Gasteiger partial charge in [0.25, 0.3) is 11.8 Å². The van der Waals surface area contributed by atoms with E-state index < -0.39 is 91.8 Å². The molecule has 3 fully saturated rings. The maximum atomic E-state index is 14.9. The van der Waals surface area contributed by atoms with Crippen molar-refractivity contribution in [2.75, 3.05) is 6.54 Å². The van der Waals surface area contributed by atoms with E-state index in [1.54, 1.807) is 45.0 Å². The number of sulfonamides is 1. The van der Waals surface area contributed by atoms with Gasteiger partial charge < -0.3 is 25.0 Å². The molecule has 2 aliphatic heterocycles. The van der Waals surface area contributed by atoms with Crippen LogP contribution < -0.4 is 20.1 Å². The van der Waals surface area contributed by atoms with E-state index in [4.69, 9.17) is 9.47 Å². The first-order valence-electron chi connectivity index (χ1n) is 18.0. The monoisotopic (exact) mass is 760 g/mol. The minimum atomic E-state index is -3.95. The van der Waals surface area contributed by atoms with Crippen molar-refractivity contribution >= 4 is 44.9 Å². The summed E-state index contributed by atoms with van der Waals surface area (Å²) in [5, 5.41) is 4.74. The number of amides is 4. The molecule has 17 heteroatoms. The van der Waals surface area contributed by atoms with Crippen LogP contribution in [0, 0.1) is 5.92 Å². The number of hydrogen-bond acceptors (Lipinski definition) is 10. The molecule has 288 valence electrons. The number of fused-ring (bicyclic) bond motifs is 3. The zero-order chi connectivity index (χ0) is 38.3. The van der Waals surface area contributed by atoms with Crippen molar-refractivity contribution in [3.05, 3.63) is 42.1 Å². The summed E-state index contributed by atoms with van der Waals surface area (Å²) in [6.45, 7) is 5.44. The third-order valence-electron chi connectivity index (χ3n) is 9.77. The average molecular weight is 761 g/mol. The smallest absolute Gasteiger partial charge is 0.408 e. The van der Waals surface area contributed by atoms with Crippen LogP contribution in [-0.4, -0.2) is 88.2 Å². The number of rotatable bonds is 7. The number of hydrogen-bond donors (Lipinski definition) is 3. The first-order valence-corrected chi connectivity index (χ1v) is 19.6. The Bertz CT molecular complexity index is 1910. The second-order valence-electron chi connectivity index (χ2n) is 15.4. The van der Waals surface area contributed by atoms with Gasteiger partial charge in [-0.25, -0.2) is 23.2 Å². The van der Waals surface area contributed by atoms with Gasteiger partial charge in [0.1, 0.15) is 29.3 Å². The fraction of sp³-hybridized carbons (Fsp3) is 0.611. The number of halogens is 2. The molecule has 2 aliphatic carbocycles. The predicted molar refractivity (Wildman–Crippen MR) is 188 cm³/mol. The quantitative estimate of drug-likeness (QED) is 0.349. The maximum absolute atomic E-state index is 14.9. The molecule has 3 N–H and O–H groups in total. The third-order valence-corrected chi connectivity index (χ3v) is 11.6. The molecule has 0 bridgehead atoms. The third kappa shape index (κ3) is 8.87. The first-order chi connectivity index (χ1) is 24.9. The minimum Gasteiger partial charge on any atom is -0.471 e. The minimum absolute atomic E-state index is 0.131. The largest absolute Gasteiger partial charge is 0.471 e. The van der Waals surface area contributed by atoms with E-state index in [-0.39, 0.29) is 31.3 Å². The molecule has 3 heterocycles. The molecular weight excluding hydrogens is 714 g/mol.